The molecule has 0 aromatic heterocycles. The van der Waals surface area contributed by atoms with E-state index in [0.717, 1.165) is 52.4 Å². The molecular formula is C17H27N3O. The molecule has 21 heavy (non-hydrogen) atoms. The first kappa shape index (κ1) is 14.8. The Morgan fingerprint density at radius 2 is 2.14 bits per heavy atom. The number of rotatable bonds is 5. The Morgan fingerprint density at radius 3 is 2.95 bits per heavy atom. The Hall–Kier alpha value is -1.10. The number of hydrogen-bond acceptors (Lipinski definition) is 4. The molecule has 1 unspecified atom stereocenters. The van der Waals surface area contributed by atoms with Gasteiger partial charge in [-0.3, -0.25) is 9.80 Å². The lowest BCUT2D eigenvalue weighted by molar-refractivity contribution is 0.0262. The van der Waals surface area contributed by atoms with Crippen LogP contribution < -0.4 is 5.32 Å². The van der Waals surface area contributed by atoms with Crippen molar-refractivity contribution < 1.29 is 4.74 Å². The smallest absolute Gasteiger partial charge is 0.0594 e. The molecule has 2 heterocycles. The highest BCUT2D eigenvalue weighted by Gasteiger charge is 2.19. The second kappa shape index (κ2) is 6.77. The van der Waals surface area contributed by atoms with E-state index >= 15 is 0 Å². The summed E-state index contributed by atoms with van der Waals surface area (Å²) in [5, 5.41) is 3.54. The molecule has 116 valence electrons. The van der Waals surface area contributed by atoms with Gasteiger partial charge in [0.2, 0.25) is 0 Å². The number of likely N-dealkylation sites (N-methyl/N-ethyl adjacent to an activating group) is 1. The molecule has 4 nitrogen and oxygen atoms in total. The first-order chi connectivity index (χ1) is 10.2. The fourth-order valence-electron chi connectivity index (χ4n) is 3.26. The zero-order chi connectivity index (χ0) is 14.7. The highest BCUT2D eigenvalue weighted by atomic mass is 16.5. The lowest BCUT2D eigenvalue weighted by Gasteiger charge is -2.33. The monoisotopic (exact) mass is 289 g/mol. The van der Waals surface area contributed by atoms with Crippen LogP contribution in [-0.2, 0) is 17.7 Å². The van der Waals surface area contributed by atoms with Gasteiger partial charge in [0.25, 0.3) is 0 Å². The van der Waals surface area contributed by atoms with E-state index in [1.54, 1.807) is 0 Å². The third-order valence-corrected chi connectivity index (χ3v) is 4.73. The van der Waals surface area contributed by atoms with E-state index in [1.165, 1.54) is 16.8 Å². The van der Waals surface area contributed by atoms with Crippen molar-refractivity contribution in [1.29, 1.82) is 0 Å². The number of nitrogens with one attached hydrogen (secondary N) is 1. The minimum Gasteiger partial charge on any atom is -0.384 e. The number of nitrogens with zero attached hydrogens (tertiary/aromatic N) is 2. The van der Waals surface area contributed by atoms with E-state index in [2.05, 4.69) is 47.3 Å². The molecule has 1 aromatic rings. The number of benzene rings is 1. The summed E-state index contributed by atoms with van der Waals surface area (Å²) < 4.78 is 5.42. The molecule has 0 saturated carbocycles. The summed E-state index contributed by atoms with van der Waals surface area (Å²) in [6.07, 6.45) is 1.16. The summed E-state index contributed by atoms with van der Waals surface area (Å²) in [4.78, 5) is 4.98. The van der Waals surface area contributed by atoms with Crippen LogP contribution in [0, 0.1) is 0 Å². The molecule has 3 rings (SSSR count). The highest BCUT2D eigenvalue weighted by molar-refractivity contribution is 5.61. The van der Waals surface area contributed by atoms with Crippen LogP contribution in [0.4, 0.5) is 5.69 Å². The van der Waals surface area contributed by atoms with Crippen LogP contribution in [-0.4, -0.2) is 62.3 Å². The molecule has 1 fully saturated rings. The quantitative estimate of drug-likeness (QED) is 0.895. The van der Waals surface area contributed by atoms with Gasteiger partial charge in [0, 0.05) is 44.5 Å². The van der Waals surface area contributed by atoms with Gasteiger partial charge in [0.1, 0.15) is 0 Å². The van der Waals surface area contributed by atoms with Gasteiger partial charge in [-0.15, -0.1) is 0 Å². The maximum Gasteiger partial charge on any atom is 0.0594 e. The zero-order valence-corrected chi connectivity index (χ0v) is 13.3. The first-order valence-electron chi connectivity index (χ1n) is 8.09. The Labute approximate surface area is 128 Å². The maximum atomic E-state index is 5.42. The van der Waals surface area contributed by atoms with Gasteiger partial charge in [0.15, 0.2) is 0 Å². The van der Waals surface area contributed by atoms with Gasteiger partial charge >= 0.3 is 0 Å². The minimum atomic E-state index is 0.556. The van der Waals surface area contributed by atoms with Crippen molar-refractivity contribution in [2.45, 2.75) is 25.9 Å². The minimum absolute atomic E-state index is 0.556. The Bertz CT molecular complexity index is 471. The topological polar surface area (TPSA) is 27.7 Å². The summed E-state index contributed by atoms with van der Waals surface area (Å²) in [5.41, 5.74) is 4.28. The van der Waals surface area contributed by atoms with E-state index in [4.69, 9.17) is 4.74 Å². The van der Waals surface area contributed by atoms with Gasteiger partial charge in [-0.2, -0.15) is 0 Å². The molecule has 0 amide bonds. The third kappa shape index (κ3) is 3.57. The molecule has 0 aliphatic carbocycles. The highest BCUT2D eigenvalue weighted by Crippen LogP contribution is 2.27. The fourth-order valence-corrected chi connectivity index (χ4v) is 3.26. The van der Waals surface area contributed by atoms with Crippen molar-refractivity contribution in [3.8, 4) is 0 Å². The third-order valence-electron chi connectivity index (χ3n) is 4.73. The van der Waals surface area contributed by atoms with Crippen molar-refractivity contribution in [1.82, 2.24) is 9.80 Å². The van der Waals surface area contributed by atoms with Crippen LogP contribution in [0.3, 0.4) is 0 Å². The molecule has 0 bridgehead atoms. The van der Waals surface area contributed by atoms with Crippen molar-refractivity contribution in [3.63, 3.8) is 0 Å². The van der Waals surface area contributed by atoms with Crippen LogP contribution in [0.1, 0.15) is 18.1 Å². The number of ether oxygens (including phenoxy) is 1. The van der Waals surface area contributed by atoms with Gasteiger partial charge in [-0.25, -0.2) is 0 Å². The van der Waals surface area contributed by atoms with Gasteiger partial charge in [-0.1, -0.05) is 18.2 Å². The lowest BCUT2D eigenvalue weighted by Crippen LogP contribution is -2.44. The van der Waals surface area contributed by atoms with Crippen molar-refractivity contribution in [3.05, 3.63) is 29.3 Å². The van der Waals surface area contributed by atoms with E-state index in [9.17, 15) is 0 Å². The summed E-state index contributed by atoms with van der Waals surface area (Å²) in [6.45, 7) is 9.45. The molecule has 1 atom stereocenters. The van der Waals surface area contributed by atoms with Crippen LogP contribution in [0.2, 0.25) is 0 Å². The molecule has 0 radical (unpaired) electrons. The predicted molar refractivity (Wildman–Crippen MR) is 86.8 cm³/mol. The molecule has 4 heteroatoms. The van der Waals surface area contributed by atoms with Crippen LogP contribution in [0.25, 0.3) is 0 Å². The number of para-hydroxylation sites is 1. The lowest BCUT2D eigenvalue weighted by atomic mass is 10.1. The number of anilines is 1. The van der Waals surface area contributed by atoms with Crippen LogP contribution in [0.15, 0.2) is 18.2 Å². The van der Waals surface area contributed by atoms with Crippen molar-refractivity contribution in [2.75, 3.05) is 51.8 Å². The SMILES string of the molecule is CC(CN1CCOCC1)N(C)Cc1cccc2c1NCC2. The van der Waals surface area contributed by atoms with Crippen molar-refractivity contribution in [2.24, 2.45) is 0 Å². The number of morpholine rings is 1. The molecule has 0 spiro atoms. The maximum absolute atomic E-state index is 5.42. The van der Waals surface area contributed by atoms with E-state index in [0.29, 0.717) is 6.04 Å². The summed E-state index contributed by atoms with van der Waals surface area (Å²) >= 11 is 0. The number of hydrogen-bond donors (Lipinski definition) is 1. The summed E-state index contributed by atoms with van der Waals surface area (Å²) in [7, 11) is 2.24. The van der Waals surface area contributed by atoms with Gasteiger partial charge in [-0.05, 0) is 31.5 Å². The summed E-state index contributed by atoms with van der Waals surface area (Å²) in [5.74, 6) is 0. The zero-order valence-electron chi connectivity index (χ0n) is 13.3. The van der Waals surface area contributed by atoms with Gasteiger partial charge in [0.05, 0.1) is 13.2 Å². The molecule has 2 aliphatic heterocycles. The molecule has 1 aromatic carbocycles. The average Bonchev–Trinajstić information content (AvgIpc) is 2.98. The van der Waals surface area contributed by atoms with Crippen molar-refractivity contribution >= 4 is 5.69 Å². The van der Waals surface area contributed by atoms with E-state index in [-0.39, 0.29) is 0 Å². The summed E-state index contributed by atoms with van der Waals surface area (Å²) in [6, 6.07) is 7.26. The number of fused-ring (bicyclic) bond motifs is 1. The standard InChI is InChI=1S/C17H27N3O/c1-14(12-20-8-10-21-11-9-20)19(2)13-16-5-3-4-15-6-7-18-17(15)16/h3-5,14,18H,6-13H2,1-2H3. The Balaban J connectivity index is 1.58. The molecule has 2 aliphatic rings. The van der Waals surface area contributed by atoms with Crippen LogP contribution >= 0.6 is 0 Å². The second-order valence-corrected chi connectivity index (χ2v) is 6.31. The normalized spacial score (nSPS) is 20.3. The Morgan fingerprint density at radius 1 is 1.33 bits per heavy atom. The molecular weight excluding hydrogens is 262 g/mol. The van der Waals surface area contributed by atoms with Crippen LogP contribution in [0.5, 0.6) is 0 Å². The predicted octanol–water partition coefficient (Wildman–Crippen LogP) is 1.81. The molecule has 1 N–H and O–H groups in total. The average molecular weight is 289 g/mol. The van der Waals surface area contributed by atoms with Gasteiger partial charge < -0.3 is 10.1 Å². The second-order valence-electron chi connectivity index (χ2n) is 6.31. The first-order valence-corrected chi connectivity index (χ1v) is 8.09. The molecule has 1 saturated heterocycles. The van der Waals surface area contributed by atoms with E-state index in [1.807, 2.05) is 0 Å². The largest absolute Gasteiger partial charge is 0.384 e. The Kier molecular flexibility index (Phi) is 4.78. The van der Waals surface area contributed by atoms with E-state index < -0.39 is 0 Å². The fraction of sp³-hybridized carbons (Fsp3) is 0.647.